The lowest BCUT2D eigenvalue weighted by atomic mass is 10.2. The van der Waals surface area contributed by atoms with Gasteiger partial charge in [-0.25, -0.2) is 24.5 Å². The minimum atomic E-state index is -2.68. The lowest BCUT2D eigenvalue weighted by Gasteiger charge is -2.27. The average molecular weight is 460 g/mol. The van der Waals surface area contributed by atoms with E-state index in [0.29, 0.717) is 35.6 Å². The van der Waals surface area contributed by atoms with Crippen molar-refractivity contribution >= 4 is 26.2 Å². The molecule has 0 radical (unpaired) electrons. The van der Waals surface area contributed by atoms with Crippen LogP contribution in [0, 0.1) is 13.8 Å². The summed E-state index contributed by atoms with van der Waals surface area (Å²) in [5.74, 6) is 1.41. The molecule has 0 spiro atoms. The highest BCUT2D eigenvalue weighted by Crippen LogP contribution is 2.18. The number of aryl methyl sites for hydroxylation is 2. The van der Waals surface area contributed by atoms with Gasteiger partial charge in [-0.2, -0.15) is 0 Å². The standard InChI is InChI=1S/C21H29N5O5Si/c1-6-19(27)31-12-7-13-32(29-4,30-5)14-22-21(28)26-18-10-8-17(9-11-18)20-24-15(2)23-16(3)25-20/h6,8-11H,1,7,12-14H2,2-5H3,(H2,22,26,28). The minimum absolute atomic E-state index is 0.227. The van der Waals surface area contributed by atoms with Crippen molar-refractivity contribution in [2.75, 3.05) is 32.3 Å². The van der Waals surface area contributed by atoms with Crippen LogP contribution in [0.1, 0.15) is 18.1 Å². The van der Waals surface area contributed by atoms with E-state index in [1.165, 1.54) is 0 Å². The first-order valence-electron chi connectivity index (χ1n) is 10.0. The summed E-state index contributed by atoms with van der Waals surface area (Å²) in [6.07, 6.45) is 1.90. The monoisotopic (exact) mass is 459 g/mol. The third kappa shape index (κ3) is 7.52. The normalized spacial score (nSPS) is 11.0. The Morgan fingerprint density at radius 3 is 2.25 bits per heavy atom. The molecule has 1 heterocycles. The molecular formula is C21H29N5O5Si. The number of anilines is 1. The van der Waals surface area contributed by atoms with Gasteiger partial charge in [0.2, 0.25) is 0 Å². The van der Waals surface area contributed by atoms with Gasteiger partial charge in [-0.1, -0.05) is 6.58 Å². The largest absolute Gasteiger partial charge is 0.463 e. The van der Waals surface area contributed by atoms with Crippen LogP contribution >= 0.6 is 0 Å². The number of ether oxygens (including phenoxy) is 1. The first kappa shape index (κ1) is 25.1. The van der Waals surface area contributed by atoms with E-state index in [1.54, 1.807) is 26.4 Å². The van der Waals surface area contributed by atoms with Crippen molar-refractivity contribution in [3.05, 3.63) is 48.6 Å². The van der Waals surface area contributed by atoms with Crippen LogP contribution in [0.25, 0.3) is 11.4 Å². The zero-order valence-corrected chi connectivity index (χ0v) is 19.8. The molecule has 2 amide bonds. The van der Waals surface area contributed by atoms with Crippen molar-refractivity contribution in [3.63, 3.8) is 0 Å². The summed E-state index contributed by atoms with van der Waals surface area (Å²) in [6.45, 7) is 7.21. The number of hydrogen-bond donors (Lipinski definition) is 2. The molecule has 0 aliphatic carbocycles. The predicted octanol–water partition coefficient (Wildman–Crippen LogP) is 2.67. The van der Waals surface area contributed by atoms with Crippen LogP contribution in [0.15, 0.2) is 36.9 Å². The van der Waals surface area contributed by atoms with Crippen LogP contribution in [-0.4, -0.2) is 62.5 Å². The van der Waals surface area contributed by atoms with E-state index < -0.39 is 14.5 Å². The van der Waals surface area contributed by atoms with Crippen molar-refractivity contribution in [3.8, 4) is 11.4 Å². The number of aromatic nitrogens is 3. The van der Waals surface area contributed by atoms with Crippen molar-refractivity contribution in [2.45, 2.75) is 26.3 Å². The van der Waals surface area contributed by atoms with Crippen LogP contribution in [0.4, 0.5) is 10.5 Å². The molecular weight excluding hydrogens is 430 g/mol. The van der Waals surface area contributed by atoms with Gasteiger partial charge in [0.1, 0.15) is 11.6 Å². The number of nitrogens with zero attached hydrogens (tertiary/aromatic N) is 3. The van der Waals surface area contributed by atoms with E-state index in [0.717, 1.165) is 11.6 Å². The number of nitrogens with one attached hydrogen (secondary N) is 2. The van der Waals surface area contributed by atoms with Crippen molar-refractivity contribution < 1.29 is 23.2 Å². The van der Waals surface area contributed by atoms with Gasteiger partial charge in [0, 0.05) is 31.5 Å². The summed E-state index contributed by atoms with van der Waals surface area (Å²) >= 11 is 0. The number of hydrogen-bond acceptors (Lipinski definition) is 8. The van der Waals surface area contributed by atoms with Crippen molar-refractivity contribution in [1.82, 2.24) is 20.3 Å². The molecule has 2 rings (SSSR count). The zero-order valence-electron chi connectivity index (χ0n) is 18.8. The number of esters is 1. The van der Waals surface area contributed by atoms with E-state index in [9.17, 15) is 9.59 Å². The molecule has 172 valence electrons. The van der Waals surface area contributed by atoms with Gasteiger partial charge < -0.3 is 24.2 Å². The highest BCUT2D eigenvalue weighted by atomic mass is 28.4. The zero-order chi connectivity index (χ0) is 23.6. The molecule has 10 nitrogen and oxygen atoms in total. The summed E-state index contributed by atoms with van der Waals surface area (Å²) in [4.78, 5) is 36.3. The second-order valence-electron chi connectivity index (χ2n) is 6.93. The van der Waals surface area contributed by atoms with Crippen molar-refractivity contribution in [1.29, 1.82) is 0 Å². The number of benzene rings is 1. The number of urea groups is 1. The van der Waals surface area contributed by atoms with Gasteiger partial charge >= 0.3 is 20.6 Å². The molecule has 2 aromatic rings. The Kier molecular flexibility index (Phi) is 9.44. The SMILES string of the molecule is C=CC(=O)OCCC[Si](CNC(=O)Nc1ccc(-c2nc(C)nc(C)n2)cc1)(OC)OC. The summed E-state index contributed by atoms with van der Waals surface area (Å²) in [6, 6.07) is 7.37. The topological polar surface area (TPSA) is 125 Å². The average Bonchev–Trinajstić information content (AvgIpc) is 2.78. The molecule has 0 fully saturated rings. The number of carbonyl (C=O) groups excluding carboxylic acids is 2. The van der Waals surface area contributed by atoms with Crippen molar-refractivity contribution in [2.24, 2.45) is 0 Å². The van der Waals surface area contributed by atoms with Gasteiger partial charge in [-0.3, -0.25) is 0 Å². The maximum Gasteiger partial charge on any atom is 0.357 e. The van der Waals surface area contributed by atoms with Gasteiger partial charge in [0.05, 0.1) is 12.8 Å². The Balaban J connectivity index is 1.89. The van der Waals surface area contributed by atoms with Crippen LogP contribution in [0.2, 0.25) is 6.04 Å². The van der Waals surface area contributed by atoms with Gasteiger partial charge in [0.15, 0.2) is 5.82 Å². The van der Waals surface area contributed by atoms with Crippen LogP contribution in [-0.2, 0) is 18.4 Å². The molecule has 0 saturated heterocycles. The lowest BCUT2D eigenvalue weighted by molar-refractivity contribution is -0.137. The molecule has 0 saturated carbocycles. The van der Waals surface area contributed by atoms with E-state index in [2.05, 4.69) is 32.2 Å². The molecule has 1 aromatic carbocycles. The summed E-state index contributed by atoms with van der Waals surface area (Å²) in [7, 11) is 0.419. The van der Waals surface area contributed by atoms with Crippen LogP contribution in [0.5, 0.6) is 0 Å². The molecule has 11 heteroatoms. The predicted molar refractivity (Wildman–Crippen MR) is 122 cm³/mol. The summed E-state index contributed by atoms with van der Waals surface area (Å²) in [5.41, 5.74) is 1.44. The Bertz CT molecular complexity index is 914. The summed E-state index contributed by atoms with van der Waals surface area (Å²) in [5, 5.41) is 5.58. The molecule has 32 heavy (non-hydrogen) atoms. The van der Waals surface area contributed by atoms with Gasteiger partial charge in [0.25, 0.3) is 0 Å². The number of amides is 2. The second-order valence-corrected chi connectivity index (χ2v) is 10.4. The number of rotatable bonds is 11. The lowest BCUT2D eigenvalue weighted by Crippen LogP contribution is -2.52. The fraction of sp³-hybridized carbons (Fsp3) is 0.381. The van der Waals surface area contributed by atoms with E-state index in [-0.39, 0.29) is 18.8 Å². The first-order valence-corrected chi connectivity index (χ1v) is 12.3. The quantitative estimate of drug-likeness (QED) is 0.227. The van der Waals surface area contributed by atoms with E-state index in [1.807, 2.05) is 26.0 Å². The van der Waals surface area contributed by atoms with Gasteiger partial charge in [-0.15, -0.1) is 0 Å². The maximum atomic E-state index is 12.4. The molecule has 0 unspecified atom stereocenters. The van der Waals surface area contributed by atoms with E-state index in [4.69, 9.17) is 13.6 Å². The third-order valence-electron chi connectivity index (χ3n) is 4.64. The first-order chi connectivity index (χ1) is 15.3. The molecule has 0 aliphatic heterocycles. The van der Waals surface area contributed by atoms with Gasteiger partial charge in [-0.05, 0) is 50.6 Å². The van der Waals surface area contributed by atoms with Crippen LogP contribution < -0.4 is 10.6 Å². The minimum Gasteiger partial charge on any atom is -0.463 e. The molecule has 0 atom stereocenters. The second kappa shape index (κ2) is 12.0. The van der Waals surface area contributed by atoms with E-state index >= 15 is 0 Å². The Morgan fingerprint density at radius 1 is 1.06 bits per heavy atom. The Labute approximate surface area is 188 Å². The molecule has 0 aliphatic rings. The number of carbonyl (C=O) groups is 2. The Hall–Kier alpha value is -3.15. The highest BCUT2D eigenvalue weighted by molar-refractivity contribution is 6.67. The Morgan fingerprint density at radius 2 is 1.69 bits per heavy atom. The maximum absolute atomic E-state index is 12.4. The smallest absolute Gasteiger partial charge is 0.357 e. The molecule has 2 N–H and O–H groups in total. The molecule has 0 bridgehead atoms. The van der Waals surface area contributed by atoms with Crippen LogP contribution in [0.3, 0.4) is 0 Å². The summed E-state index contributed by atoms with van der Waals surface area (Å²) < 4.78 is 16.2. The third-order valence-corrected chi connectivity index (χ3v) is 7.95. The fourth-order valence-corrected chi connectivity index (χ4v) is 5.08. The molecule has 1 aromatic heterocycles. The highest BCUT2D eigenvalue weighted by Gasteiger charge is 2.35. The fourth-order valence-electron chi connectivity index (χ4n) is 2.93.